The predicted octanol–water partition coefficient (Wildman–Crippen LogP) is 1.93. The Hall–Kier alpha value is -2.19. The van der Waals surface area contributed by atoms with Gasteiger partial charge < -0.3 is 20.1 Å². The summed E-state index contributed by atoms with van der Waals surface area (Å²) >= 11 is 0. The minimum Gasteiger partial charge on any atom is -0.481 e. The van der Waals surface area contributed by atoms with Gasteiger partial charge in [0.15, 0.2) is 0 Å². The van der Waals surface area contributed by atoms with Crippen LogP contribution in [0, 0.1) is 18.3 Å². The van der Waals surface area contributed by atoms with Crippen LogP contribution in [0.3, 0.4) is 0 Å². The number of benzene rings is 1. The predicted molar refractivity (Wildman–Crippen MR) is 81.2 cm³/mol. The Morgan fingerprint density at radius 1 is 1.38 bits per heavy atom. The molecule has 2 rings (SSSR count). The number of carbonyl (C=O) groups is 1. The average Bonchev–Trinajstić information content (AvgIpc) is 2.54. The lowest BCUT2D eigenvalue weighted by molar-refractivity contribution is 0.143. The Labute approximate surface area is 124 Å². The summed E-state index contributed by atoms with van der Waals surface area (Å²) in [6.07, 6.45) is 6.82. The zero-order valence-electron chi connectivity index (χ0n) is 11.9. The van der Waals surface area contributed by atoms with Gasteiger partial charge in [-0.15, -0.1) is 6.42 Å². The van der Waals surface area contributed by atoms with Crippen molar-refractivity contribution in [1.82, 2.24) is 4.90 Å². The largest absolute Gasteiger partial charge is 0.481 e. The number of carbonyl (C=O) groups excluding carboxylic acids is 1. The van der Waals surface area contributed by atoms with Crippen molar-refractivity contribution in [3.8, 4) is 18.1 Å². The van der Waals surface area contributed by atoms with Gasteiger partial charge in [-0.3, -0.25) is 0 Å². The number of nitrogens with one attached hydrogen (secondary N) is 1. The second kappa shape index (κ2) is 7.55. The maximum absolute atomic E-state index is 12.1. The molecule has 0 aromatic heterocycles. The lowest BCUT2D eigenvalue weighted by Crippen LogP contribution is -2.41. The zero-order valence-corrected chi connectivity index (χ0v) is 11.9. The fraction of sp³-hybridized carbons (Fsp3) is 0.438. The number of ether oxygens (including phenoxy) is 1. The van der Waals surface area contributed by atoms with Gasteiger partial charge in [-0.1, -0.05) is 5.92 Å². The highest BCUT2D eigenvalue weighted by Gasteiger charge is 2.22. The molecule has 112 valence electrons. The van der Waals surface area contributed by atoms with Gasteiger partial charge in [-0.05, 0) is 43.0 Å². The van der Waals surface area contributed by atoms with Crippen LogP contribution in [0.25, 0.3) is 0 Å². The minimum atomic E-state index is -0.108. The number of likely N-dealkylation sites (tertiary alicyclic amines) is 1. The third kappa shape index (κ3) is 4.40. The van der Waals surface area contributed by atoms with Gasteiger partial charge in [0.2, 0.25) is 0 Å². The first-order valence-electron chi connectivity index (χ1n) is 7.06. The van der Waals surface area contributed by atoms with Crippen LogP contribution in [0.5, 0.6) is 5.75 Å². The van der Waals surface area contributed by atoms with E-state index in [1.165, 1.54) is 0 Å². The van der Waals surface area contributed by atoms with Crippen molar-refractivity contribution in [2.24, 2.45) is 5.92 Å². The molecule has 2 amide bonds. The molecular formula is C16H20N2O3. The molecule has 2 N–H and O–H groups in total. The van der Waals surface area contributed by atoms with E-state index in [1.807, 2.05) is 0 Å². The highest BCUT2D eigenvalue weighted by Crippen LogP contribution is 2.19. The highest BCUT2D eigenvalue weighted by molar-refractivity contribution is 5.89. The maximum Gasteiger partial charge on any atom is 0.321 e. The molecule has 0 spiro atoms. The van der Waals surface area contributed by atoms with Crippen LogP contribution >= 0.6 is 0 Å². The molecule has 1 aromatic rings. The number of nitrogens with zero attached hydrogens (tertiary/aromatic N) is 1. The molecule has 0 atom stereocenters. The summed E-state index contributed by atoms with van der Waals surface area (Å²) in [4.78, 5) is 13.9. The quantitative estimate of drug-likeness (QED) is 0.832. The molecule has 0 aliphatic carbocycles. The van der Waals surface area contributed by atoms with E-state index in [0.717, 1.165) is 18.5 Å². The second-order valence-corrected chi connectivity index (χ2v) is 5.06. The second-order valence-electron chi connectivity index (χ2n) is 5.06. The molecule has 1 heterocycles. The highest BCUT2D eigenvalue weighted by atomic mass is 16.5. The normalized spacial score (nSPS) is 15.3. The van der Waals surface area contributed by atoms with Gasteiger partial charge in [0.1, 0.15) is 12.4 Å². The molecule has 1 saturated heterocycles. The molecule has 0 saturated carbocycles. The third-order valence-electron chi connectivity index (χ3n) is 3.59. The molecule has 0 unspecified atom stereocenters. The number of piperidine rings is 1. The van der Waals surface area contributed by atoms with Crippen LogP contribution < -0.4 is 10.1 Å². The number of aliphatic hydroxyl groups excluding tert-OH is 1. The molecule has 1 fully saturated rings. The summed E-state index contributed by atoms with van der Waals surface area (Å²) in [5.74, 6) is 3.39. The Morgan fingerprint density at radius 3 is 2.62 bits per heavy atom. The van der Waals surface area contributed by atoms with Crippen LogP contribution in [0.15, 0.2) is 24.3 Å². The molecular weight excluding hydrogens is 268 g/mol. The van der Waals surface area contributed by atoms with E-state index in [-0.39, 0.29) is 19.2 Å². The van der Waals surface area contributed by atoms with Crippen molar-refractivity contribution >= 4 is 11.7 Å². The summed E-state index contributed by atoms with van der Waals surface area (Å²) in [5, 5.41) is 12.0. The Kier molecular flexibility index (Phi) is 5.47. The van der Waals surface area contributed by atoms with E-state index in [9.17, 15) is 4.79 Å². The van der Waals surface area contributed by atoms with Crippen molar-refractivity contribution < 1.29 is 14.6 Å². The van der Waals surface area contributed by atoms with Crippen molar-refractivity contribution in [2.75, 3.05) is 31.6 Å². The molecule has 5 heteroatoms. The van der Waals surface area contributed by atoms with E-state index >= 15 is 0 Å². The van der Waals surface area contributed by atoms with Gasteiger partial charge in [-0.25, -0.2) is 4.79 Å². The lowest BCUT2D eigenvalue weighted by atomic mass is 9.98. The summed E-state index contributed by atoms with van der Waals surface area (Å²) in [6.45, 7) is 1.79. The minimum absolute atomic E-state index is 0.108. The van der Waals surface area contributed by atoms with Gasteiger partial charge in [0, 0.05) is 25.4 Å². The van der Waals surface area contributed by atoms with Gasteiger partial charge in [0.05, 0.1) is 0 Å². The molecule has 1 aromatic carbocycles. The number of hydrogen-bond donors (Lipinski definition) is 2. The first-order chi connectivity index (χ1) is 10.2. The summed E-state index contributed by atoms with van der Waals surface area (Å²) in [7, 11) is 0. The Bertz CT molecular complexity index is 499. The molecule has 0 radical (unpaired) electrons. The molecule has 1 aliphatic rings. The van der Waals surface area contributed by atoms with Crippen molar-refractivity contribution in [3.05, 3.63) is 24.3 Å². The van der Waals surface area contributed by atoms with E-state index in [1.54, 1.807) is 29.2 Å². The molecule has 21 heavy (non-hydrogen) atoms. The van der Waals surface area contributed by atoms with Crippen LogP contribution in [-0.2, 0) is 0 Å². The van der Waals surface area contributed by atoms with Gasteiger partial charge in [-0.2, -0.15) is 0 Å². The number of terminal acetylenes is 1. The number of anilines is 1. The number of rotatable bonds is 4. The van der Waals surface area contributed by atoms with Crippen LogP contribution in [-0.4, -0.2) is 42.3 Å². The number of urea groups is 1. The van der Waals surface area contributed by atoms with E-state index in [4.69, 9.17) is 16.3 Å². The van der Waals surface area contributed by atoms with Crippen LogP contribution in [0.4, 0.5) is 10.5 Å². The number of aliphatic hydroxyl groups is 1. The van der Waals surface area contributed by atoms with E-state index in [0.29, 0.717) is 24.8 Å². The third-order valence-corrected chi connectivity index (χ3v) is 3.59. The Morgan fingerprint density at radius 2 is 2.05 bits per heavy atom. The molecule has 5 nitrogen and oxygen atoms in total. The fourth-order valence-corrected chi connectivity index (χ4v) is 2.28. The standard InChI is InChI=1S/C16H20N2O3/c1-2-11-21-15-5-3-14(4-6-15)17-16(20)18-9-7-13(12-19)8-10-18/h1,3-6,13,19H,7-12H2,(H,17,20). The van der Waals surface area contributed by atoms with Crippen LogP contribution in [0.1, 0.15) is 12.8 Å². The average molecular weight is 288 g/mol. The SMILES string of the molecule is C#CCOc1ccc(NC(=O)N2CCC(CO)CC2)cc1. The van der Waals surface area contributed by atoms with E-state index < -0.39 is 0 Å². The first-order valence-corrected chi connectivity index (χ1v) is 7.06. The lowest BCUT2D eigenvalue weighted by Gasteiger charge is -2.31. The van der Waals surface area contributed by atoms with Crippen molar-refractivity contribution in [1.29, 1.82) is 0 Å². The van der Waals surface area contributed by atoms with Crippen molar-refractivity contribution in [2.45, 2.75) is 12.8 Å². The van der Waals surface area contributed by atoms with E-state index in [2.05, 4.69) is 11.2 Å². The van der Waals surface area contributed by atoms with Gasteiger partial charge in [0.25, 0.3) is 0 Å². The maximum atomic E-state index is 12.1. The number of amides is 2. The van der Waals surface area contributed by atoms with Crippen molar-refractivity contribution in [3.63, 3.8) is 0 Å². The van der Waals surface area contributed by atoms with Gasteiger partial charge >= 0.3 is 6.03 Å². The summed E-state index contributed by atoms with van der Waals surface area (Å²) in [6, 6.07) is 6.99. The molecule has 1 aliphatic heterocycles. The smallest absolute Gasteiger partial charge is 0.321 e. The number of hydrogen-bond acceptors (Lipinski definition) is 3. The summed E-state index contributed by atoms with van der Waals surface area (Å²) < 4.78 is 5.27. The monoisotopic (exact) mass is 288 g/mol. The fourth-order valence-electron chi connectivity index (χ4n) is 2.28. The Balaban J connectivity index is 1.84. The van der Waals surface area contributed by atoms with Crippen LogP contribution in [0.2, 0.25) is 0 Å². The zero-order chi connectivity index (χ0) is 15.1. The first kappa shape index (κ1) is 15.2. The molecule has 0 bridgehead atoms. The summed E-state index contributed by atoms with van der Waals surface area (Å²) in [5.41, 5.74) is 0.720. The topological polar surface area (TPSA) is 61.8 Å².